The van der Waals surface area contributed by atoms with Gasteiger partial charge in [0.1, 0.15) is 11.5 Å². The van der Waals surface area contributed by atoms with E-state index in [-0.39, 0.29) is 6.42 Å². The summed E-state index contributed by atoms with van der Waals surface area (Å²) in [5.74, 6) is 0.930. The minimum absolute atomic E-state index is 0.192. The van der Waals surface area contributed by atoms with Gasteiger partial charge >= 0.3 is 6.03 Å². The number of nitrogens with two attached hydrogens (primary N) is 1. The van der Waals surface area contributed by atoms with Gasteiger partial charge < -0.3 is 20.3 Å². The second-order valence-electron chi connectivity index (χ2n) is 5.63. The average Bonchev–Trinajstić information content (AvgIpc) is 2.53. The van der Waals surface area contributed by atoms with Crippen LogP contribution in [0.25, 0.3) is 0 Å². The fourth-order valence-electron chi connectivity index (χ4n) is 2.98. The van der Waals surface area contributed by atoms with Crippen molar-refractivity contribution in [1.29, 1.82) is 0 Å². The first kappa shape index (κ1) is 18.0. The van der Waals surface area contributed by atoms with E-state index in [1.807, 2.05) is 16.3 Å². The number of primary amides is 1. The number of aliphatic hydroxyl groups is 1. The molecule has 1 aliphatic heterocycles. The molecule has 0 aromatic heterocycles. The van der Waals surface area contributed by atoms with Gasteiger partial charge in [0.2, 0.25) is 5.91 Å². The molecule has 0 bridgehead atoms. The molecule has 8 nitrogen and oxygen atoms in total. The molecule has 1 aliphatic rings. The van der Waals surface area contributed by atoms with Crippen molar-refractivity contribution in [2.45, 2.75) is 25.5 Å². The third kappa shape index (κ3) is 4.15. The Kier molecular flexibility index (Phi) is 5.99. The SMILES string of the molecule is COc1ccc(OC)c2c1CN(CCCC(=O)NC(N)=O)CC2O. The van der Waals surface area contributed by atoms with E-state index in [9.17, 15) is 14.7 Å². The maximum absolute atomic E-state index is 11.4. The number of carbonyl (C=O) groups is 2. The van der Waals surface area contributed by atoms with Gasteiger partial charge in [-0.1, -0.05) is 0 Å². The van der Waals surface area contributed by atoms with E-state index in [0.717, 1.165) is 11.1 Å². The number of urea groups is 1. The summed E-state index contributed by atoms with van der Waals surface area (Å²) in [6, 6.07) is 2.75. The molecule has 1 aromatic carbocycles. The van der Waals surface area contributed by atoms with Crippen molar-refractivity contribution < 1.29 is 24.2 Å². The van der Waals surface area contributed by atoms with Crippen molar-refractivity contribution in [3.63, 3.8) is 0 Å². The van der Waals surface area contributed by atoms with Gasteiger partial charge in [0.15, 0.2) is 0 Å². The standard InChI is InChI=1S/C16H23N3O5/c1-23-12-5-6-13(24-2)15-10(12)8-19(9-11(15)20)7-3-4-14(21)18-16(17)22/h5-6,11,20H,3-4,7-9H2,1-2H3,(H3,17,18,21,22). The zero-order valence-corrected chi connectivity index (χ0v) is 13.9. The molecule has 0 fully saturated rings. The first-order valence-corrected chi connectivity index (χ1v) is 7.69. The smallest absolute Gasteiger partial charge is 0.318 e. The molecule has 0 spiro atoms. The van der Waals surface area contributed by atoms with Crippen LogP contribution in [0.2, 0.25) is 0 Å². The topological polar surface area (TPSA) is 114 Å². The zero-order valence-electron chi connectivity index (χ0n) is 13.9. The minimum atomic E-state index is -0.848. The number of carbonyl (C=O) groups excluding carboxylic acids is 2. The Hall–Kier alpha value is -2.32. The van der Waals surface area contributed by atoms with Gasteiger partial charge in [0.05, 0.1) is 20.3 Å². The summed E-state index contributed by atoms with van der Waals surface area (Å²) >= 11 is 0. The first-order valence-electron chi connectivity index (χ1n) is 7.69. The maximum atomic E-state index is 11.4. The Bertz CT molecular complexity index is 620. The molecule has 0 saturated heterocycles. The Labute approximate surface area is 140 Å². The van der Waals surface area contributed by atoms with Crippen molar-refractivity contribution in [1.82, 2.24) is 10.2 Å². The van der Waals surface area contributed by atoms with Crippen LogP contribution in [0.4, 0.5) is 4.79 Å². The molecule has 4 N–H and O–H groups in total. The number of nitrogens with one attached hydrogen (secondary N) is 1. The fourth-order valence-corrected chi connectivity index (χ4v) is 2.98. The van der Waals surface area contributed by atoms with E-state index >= 15 is 0 Å². The highest BCUT2D eigenvalue weighted by atomic mass is 16.5. The molecule has 2 rings (SSSR count). The Balaban J connectivity index is 2.03. The molecule has 3 amide bonds. The van der Waals surface area contributed by atoms with Crippen LogP contribution >= 0.6 is 0 Å². The summed E-state index contributed by atoms with van der Waals surface area (Å²) < 4.78 is 10.7. The lowest BCUT2D eigenvalue weighted by molar-refractivity contribution is -0.120. The Morgan fingerprint density at radius 1 is 1.33 bits per heavy atom. The van der Waals surface area contributed by atoms with E-state index in [4.69, 9.17) is 15.2 Å². The summed E-state index contributed by atoms with van der Waals surface area (Å²) in [6.45, 7) is 1.63. The molecule has 1 heterocycles. The van der Waals surface area contributed by atoms with Crippen LogP contribution in [-0.4, -0.2) is 49.3 Å². The number of aliphatic hydroxyl groups excluding tert-OH is 1. The van der Waals surface area contributed by atoms with Gasteiger partial charge in [-0.25, -0.2) is 4.79 Å². The van der Waals surface area contributed by atoms with Crippen LogP contribution < -0.4 is 20.5 Å². The summed E-state index contributed by atoms with van der Waals surface area (Å²) in [7, 11) is 3.15. The number of amides is 3. The number of hydrogen-bond acceptors (Lipinski definition) is 6. The molecule has 1 atom stereocenters. The Morgan fingerprint density at radius 3 is 2.62 bits per heavy atom. The van der Waals surface area contributed by atoms with Gasteiger partial charge in [-0.15, -0.1) is 0 Å². The molecule has 0 saturated carbocycles. The number of methoxy groups -OCH3 is 2. The predicted molar refractivity (Wildman–Crippen MR) is 86.7 cm³/mol. The van der Waals surface area contributed by atoms with Crippen LogP contribution in [0.1, 0.15) is 30.1 Å². The lowest BCUT2D eigenvalue weighted by atomic mass is 9.95. The lowest BCUT2D eigenvalue weighted by Gasteiger charge is -2.33. The van der Waals surface area contributed by atoms with Gasteiger partial charge in [0, 0.05) is 30.6 Å². The molecule has 132 valence electrons. The highest BCUT2D eigenvalue weighted by Gasteiger charge is 2.29. The second kappa shape index (κ2) is 7.98. The molecule has 1 aromatic rings. The van der Waals surface area contributed by atoms with E-state index in [1.165, 1.54) is 0 Å². The van der Waals surface area contributed by atoms with Gasteiger partial charge in [0.25, 0.3) is 0 Å². The van der Waals surface area contributed by atoms with Crippen LogP contribution in [0.3, 0.4) is 0 Å². The summed E-state index contributed by atoms with van der Waals surface area (Å²) in [5, 5.41) is 12.5. The van der Waals surface area contributed by atoms with Crippen LogP contribution in [0.5, 0.6) is 11.5 Å². The van der Waals surface area contributed by atoms with E-state index in [1.54, 1.807) is 20.3 Å². The zero-order chi connectivity index (χ0) is 17.7. The second-order valence-corrected chi connectivity index (χ2v) is 5.63. The maximum Gasteiger partial charge on any atom is 0.318 e. The molecular formula is C16H23N3O5. The van der Waals surface area contributed by atoms with Gasteiger partial charge in [-0.05, 0) is 25.1 Å². The molecular weight excluding hydrogens is 314 g/mol. The third-order valence-electron chi connectivity index (χ3n) is 4.00. The highest BCUT2D eigenvalue weighted by Crippen LogP contribution is 2.39. The Morgan fingerprint density at radius 2 is 2.00 bits per heavy atom. The van der Waals surface area contributed by atoms with Crippen molar-refractivity contribution >= 4 is 11.9 Å². The number of imide groups is 1. The molecule has 1 unspecified atom stereocenters. The number of β-amino-alcohol motifs (C(OH)–C–C–N with tert-alkyl or cyclic N) is 1. The van der Waals surface area contributed by atoms with Crippen molar-refractivity contribution in [2.24, 2.45) is 5.73 Å². The largest absolute Gasteiger partial charge is 0.496 e. The van der Waals surface area contributed by atoms with Crippen molar-refractivity contribution in [3.05, 3.63) is 23.3 Å². The van der Waals surface area contributed by atoms with Crippen LogP contribution in [0, 0.1) is 0 Å². The normalized spacial score (nSPS) is 17.0. The summed E-state index contributed by atoms with van der Waals surface area (Å²) in [5.41, 5.74) is 6.53. The number of ether oxygens (including phenoxy) is 2. The van der Waals surface area contributed by atoms with Crippen LogP contribution in [-0.2, 0) is 11.3 Å². The first-order chi connectivity index (χ1) is 11.5. The third-order valence-corrected chi connectivity index (χ3v) is 4.00. The lowest BCUT2D eigenvalue weighted by Crippen LogP contribution is -2.37. The van der Waals surface area contributed by atoms with Crippen molar-refractivity contribution in [3.8, 4) is 11.5 Å². The van der Waals surface area contributed by atoms with E-state index in [2.05, 4.69) is 0 Å². The number of benzene rings is 1. The molecule has 24 heavy (non-hydrogen) atoms. The van der Waals surface area contributed by atoms with E-state index < -0.39 is 18.0 Å². The number of rotatable bonds is 6. The molecule has 0 radical (unpaired) electrons. The molecule has 0 aliphatic carbocycles. The van der Waals surface area contributed by atoms with E-state index in [0.29, 0.717) is 37.6 Å². The quantitative estimate of drug-likeness (QED) is 0.697. The fraction of sp³-hybridized carbons (Fsp3) is 0.500. The summed E-state index contributed by atoms with van der Waals surface area (Å²) in [6.07, 6.45) is 0.0451. The number of hydrogen-bond donors (Lipinski definition) is 3. The van der Waals surface area contributed by atoms with Crippen molar-refractivity contribution in [2.75, 3.05) is 27.3 Å². The minimum Gasteiger partial charge on any atom is -0.496 e. The highest BCUT2D eigenvalue weighted by molar-refractivity contribution is 5.93. The number of fused-ring (bicyclic) bond motifs is 1. The van der Waals surface area contributed by atoms with Gasteiger partial charge in [-0.2, -0.15) is 0 Å². The predicted octanol–water partition coefficient (Wildman–Crippen LogP) is 0.528. The van der Waals surface area contributed by atoms with Gasteiger partial charge in [-0.3, -0.25) is 15.0 Å². The summed E-state index contributed by atoms with van der Waals surface area (Å²) in [4.78, 5) is 24.1. The number of nitrogens with zero attached hydrogens (tertiary/aromatic N) is 1. The average molecular weight is 337 g/mol. The van der Waals surface area contributed by atoms with Crippen LogP contribution in [0.15, 0.2) is 12.1 Å². The molecule has 8 heteroatoms. The monoisotopic (exact) mass is 337 g/mol.